The normalized spacial score (nSPS) is 14.6. The minimum atomic E-state index is -4.96. The van der Waals surface area contributed by atoms with E-state index in [1.807, 2.05) is 0 Å². The van der Waals surface area contributed by atoms with Gasteiger partial charge in [0.05, 0.1) is 26.4 Å². The fraction of sp³-hybridized carbons (Fsp3) is 0.949. The maximum absolute atomic E-state index is 13.1. The van der Waals surface area contributed by atoms with Gasteiger partial charge in [0.25, 0.3) is 0 Å². The Bertz CT molecular complexity index is 1910. The number of hydrogen-bond donors (Lipinski definition) is 3. The number of aliphatic hydroxyl groups is 1. The van der Waals surface area contributed by atoms with Crippen molar-refractivity contribution >= 4 is 39.5 Å². The number of aliphatic hydroxyl groups excluding tert-OH is 1. The largest absolute Gasteiger partial charge is 0.472 e. The first-order valence-corrected chi connectivity index (χ1v) is 43.3. The minimum Gasteiger partial charge on any atom is -0.462 e. The Hall–Kier alpha value is -1.94. The molecule has 0 rings (SSSR count). The Morgan fingerprint density at radius 1 is 0.289 bits per heavy atom. The zero-order valence-electron chi connectivity index (χ0n) is 63.7. The molecule has 576 valence electrons. The molecule has 0 spiro atoms. The summed E-state index contributed by atoms with van der Waals surface area (Å²) in [4.78, 5) is 72.9. The van der Waals surface area contributed by atoms with Crippen LogP contribution < -0.4 is 0 Å². The number of unbranched alkanes of at least 4 members (excludes halogenated alkanes) is 39. The number of carbonyl (C=O) groups excluding carboxylic acids is 4. The molecule has 0 fully saturated rings. The summed E-state index contributed by atoms with van der Waals surface area (Å²) in [5.41, 5.74) is 0. The Kier molecular flexibility index (Phi) is 65.9. The van der Waals surface area contributed by atoms with Gasteiger partial charge in [-0.15, -0.1) is 0 Å². The summed E-state index contributed by atoms with van der Waals surface area (Å²) >= 11 is 0. The highest BCUT2D eigenvalue weighted by atomic mass is 31.2. The van der Waals surface area contributed by atoms with Crippen LogP contribution in [0.15, 0.2) is 0 Å². The molecule has 0 aliphatic heterocycles. The van der Waals surface area contributed by atoms with Crippen molar-refractivity contribution in [1.82, 2.24) is 0 Å². The lowest BCUT2D eigenvalue weighted by Crippen LogP contribution is -2.30. The van der Waals surface area contributed by atoms with Crippen LogP contribution in [0.1, 0.15) is 396 Å². The standard InChI is InChI=1S/C78H152O17P2/c1-9-70(7)56-48-40-31-25-19-15-11-12-16-21-28-34-44-52-60-77(82)95-74(65-89-76(81)59-51-43-37-36-39-47-55-69(5)6)67-93-97(86,87)91-63-72(79)62-90-96(84,85)92-66-73(94-78(83)61-53-45-35-29-23-22-26-32-41-49-57-71(8)10-2)64-88-75(80)58-50-42-33-27-20-17-13-14-18-24-30-38-46-54-68(3)4/h68-74,79H,9-67H2,1-8H3,(H,84,85)(H,86,87)/t70?,71?,72-,73-,74-/m1/s1. The van der Waals surface area contributed by atoms with Gasteiger partial charge in [0.1, 0.15) is 19.3 Å². The van der Waals surface area contributed by atoms with E-state index >= 15 is 0 Å². The Morgan fingerprint density at radius 2 is 0.495 bits per heavy atom. The number of phosphoric ester groups is 2. The first-order chi connectivity index (χ1) is 46.7. The lowest BCUT2D eigenvalue weighted by molar-refractivity contribution is -0.161. The molecule has 0 amide bonds. The molecule has 0 aliphatic carbocycles. The molecule has 0 aromatic heterocycles. The highest BCUT2D eigenvalue weighted by molar-refractivity contribution is 7.47. The van der Waals surface area contributed by atoms with Gasteiger partial charge in [-0.05, 0) is 49.4 Å². The van der Waals surface area contributed by atoms with E-state index in [4.69, 9.17) is 37.0 Å². The van der Waals surface area contributed by atoms with E-state index in [0.717, 1.165) is 114 Å². The molecule has 0 aromatic carbocycles. The summed E-state index contributed by atoms with van der Waals surface area (Å²) in [5.74, 6) is 1.000. The summed E-state index contributed by atoms with van der Waals surface area (Å²) in [5, 5.41) is 10.6. The van der Waals surface area contributed by atoms with Crippen LogP contribution in [0.4, 0.5) is 0 Å². The average molecular weight is 1420 g/mol. The molecule has 17 nitrogen and oxygen atoms in total. The first kappa shape index (κ1) is 95.1. The highest BCUT2D eigenvalue weighted by Crippen LogP contribution is 2.45. The average Bonchev–Trinajstić information content (AvgIpc) is 2.63. The Labute approximate surface area is 594 Å². The molecule has 0 saturated heterocycles. The summed E-state index contributed by atoms with van der Waals surface area (Å²) in [6, 6.07) is 0. The zero-order chi connectivity index (χ0) is 71.7. The van der Waals surface area contributed by atoms with Crippen molar-refractivity contribution in [2.45, 2.75) is 414 Å². The van der Waals surface area contributed by atoms with Crippen LogP contribution in [-0.2, 0) is 65.4 Å². The monoisotopic (exact) mass is 1420 g/mol. The van der Waals surface area contributed by atoms with Gasteiger partial charge in [0, 0.05) is 25.7 Å². The van der Waals surface area contributed by atoms with E-state index in [2.05, 4.69) is 55.4 Å². The molecular formula is C78H152O17P2. The molecule has 0 bridgehead atoms. The van der Waals surface area contributed by atoms with E-state index in [1.54, 1.807) is 0 Å². The van der Waals surface area contributed by atoms with Crippen molar-refractivity contribution in [1.29, 1.82) is 0 Å². The van der Waals surface area contributed by atoms with Crippen molar-refractivity contribution in [2.75, 3.05) is 39.6 Å². The van der Waals surface area contributed by atoms with Gasteiger partial charge < -0.3 is 33.8 Å². The fourth-order valence-electron chi connectivity index (χ4n) is 11.8. The molecule has 0 aliphatic rings. The molecule has 3 N–H and O–H groups in total. The second-order valence-electron chi connectivity index (χ2n) is 29.5. The molecular weight excluding hydrogens is 1270 g/mol. The third-order valence-electron chi connectivity index (χ3n) is 18.8. The van der Waals surface area contributed by atoms with Crippen molar-refractivity contribution in [3.8, 4) is 0 Å². The van der Waals surface area contributed by atoms with Crippen LogP contribution in [-0.4, -0.2) is 96.7 Å². The van der Waals surface area contributed by atoms with Crippen molar-refractivity contribution in [3.63, 3.8) is 0 Å². The molecule has 7 atom stereocenters. The molecule has 0 radical (unpaired) electrons. The van der Waals surface area contributed by atoms with E-state index < -0.39 is 97.5 Å². The van der Waals surface area contributed by atoms with Crippen molar-refractivity contribution in [2.24, 2.45) is 23.7 Å². The molecule has 19 heteroatoms. The SMILES string of the molecule is CCC(C)CCCCCCCCCCCCCCCCC(=O)O[C@H](COC(=O)CCCCCCCCC(C)C)COP(=O)(O)OC[C@H](O)COP(=O)(O)OC[C@@H](COC(=O)CCCCCCCCCCCCCCCC(C)C)OC(=O)CCCCCCCCCCCCC(C)CC. The van der Waals surface area contributed by atoms with Gasteiger partial charge in [0.15, 0.2) is 12.2 Å². The van der Waals surface area contributed by atoms with Gasteiger partial charge >= 0.3 is 39.5 Å². The van der Waals surface area contributed by atoms with Gasteiger partial charge in [0.2, 0.25) is 0 Å². The van der Waals surface area contributed by atoms with E-state index in [1.165, 1.54) is 193 Å². The number of rotatable bonds is 75. The van der Waals surface area contributed by atoms with Crippen LogP contribution in [0.2, 0.25) is 0 Å². The molecule has 0 saturated carbocycles. The maximum atomic E-state index is 13.1. The summed E-state index contributed by atoms with van der Waals surface area (Å²) < 4.78 is 68.6. The Balaban J connectivity index is 5.23. The summed E-state index contributed by atoms with van der Waals surface area (Å²) in [6.07, 6.45) is 52.7. The number of carbonyl (C=O) groups is 4. The zero-order valence-corrected chi connectivity index (χ0v) is 65.5. The smallest absolute Gasteiger partial charge is 0.462 e. The molecule has 0 heterocycles. The second kappa shape index (κ2) is 67.2. The van der Waals surface area contributed by atoms with Crippen molar-refractivity contribution < 1.29 is 80.2 Å². The van der Waals surface area contributed by atoms with Crippen LogP contribution in [0, 0.1) is 23.7 Å². The van der Waals surface area contributed by atoms with Gasteiger partial charge in [-0.1, -0.05) is 344 Å². The first-order valence-electron chi connectivity index (χ1n) is 40.3. The third kappa shape index (κ3) is 69.5. The van der Waals surface area contributed by atoms with Crippen molar-refractivity contribution in [3.05, 3.63) is 0 Å². The quantitative estimate of drug-likeness (QED) is 0.0222. The lowest BCUT2D eigenvalue weighted by Gasteiger charge is -2.21. The number of esters is 4. The topological polar surface area (TPSA) is 237 Å². The minimum absolute atomic E-state index is 0.106. The van der Waals surface area contributed by atoms with Gasteiger partial charge in [-0.2, -0.15) is 0 Å². The molecule has 97 heavy (non-hydrogen) atoms. The lowest BCUT2D eigenvalue weighted by atomic mass is 9.99. The van der Waals surface area contributed by atoms with Gasteiger partial charge in [-0.25, -0.2) is 9.13 Å². The van der Waals surface area contributed by atoms with Gasteiger partial charge in [-0.3, -0.25) is 37.3 Å². The van der Waals surface area contributed by atoms with Crippen LogP contribution in [0.25, 0.3) is 0 Å². The summed E-state index contributed by atoms with van der Waals surface area (Å²) in [6.45, 7) is 14.2. The molecule has 4 unspecified atom stereocenters. The van der Waals surface area contributed by atoms with E-state index in [9.17, 15) is 43.2 Å². The van der Waals surface area contributed by atoms with E-state index in [0.29, 0.717) is 31.6 Å². The fourth-order valence-corrected chi connectivity index (χ4v) is 13.4. The highest BCUT2D eigenvalue weighted by Gasteiger charge is 2.30. The predicted molar refractivity (Wildman–Crippen MR) is 395 cm³/mol. The third-order valence-corrected chi connectivity index (χ3v) is 20.7. The van der Waals surface area contributed by atoms with Crippen LogP contribution in [0.5, 0.6) is 0 Å². The van der Waals surface area contributed by atoms with Crippen LogP contribution in [0.3, 0.4) is 0 Å². The Morgan fingerprint density at radius 3 is 0.732 bits per heavy atom. The van der Waals surface area contributed by atoms with Crippen LogP contribution >= 0.6 is 15.6 Å². The molecule has 0 aromatic rings. The van der Waals surface area contributed by atoms with E-state index in [-0.39, 0.29) is 25.7 Å². The number of hydrogen-bond acceptors (Lipinski definition) is 15. The second-order valence-corrected chi connectivity index (χ2v) is 32.4. The summed E-state index contributed by atoms with van der Waals surface area (Å²) in [7, 11) is -9.92. The maximum Gasteiger partial charge on any atom is 0.472 e. The number of phosphoric acid groups is 2. The predicted octanol–water partition coefficient (Wildman–Crippen LogP) is 22.8. The number of ether oxygens (including phenoxy) is 4.